The van der Waals surface area contributed by atoms with Gasteiger partial charge in [-0.3, -0.25) is 0 Å². The first-order chi connectivity index (χ1) is 5.70. The Morgan fingerprint density at radius 3 is 2.92 bits per heavy atom. The summed E-state index contributed by atoms with van der Waals surface area (Å²) in [6.45, 7) is 1.76. The minimum absolute atomic E-state index is 0.0354. The minimum atomic E-state index is -1.07. The maximum atomic E-state index is 10.0. The SMILES string of the molecule is Cc1nonc1CSCC(=O)[O-]. The number of aryl methyl sites for hydroxylation is 1. The van der Waals surface area contributed by atoms with Crippen LogP contribution in [0.5, 0.6) is 0 Å². The van der Waals surface area contributed by atoms with Crippen LogP contribution in [0.3, 0.4) is 0 Å². The number of hydrogen-bond acceptors (Lipinski definition) is 6. The van der Waals surface area contributed by atoms with Crippen LogP contribution in [0, 0.1) is 6.92 Å². The van der Waals surface area contributed by atoms with E-state index in [2.05, 4.69) is 14.9 Å². The van der Waals surface area contributed by atoms with Crippen molar-refractivity contribution < 1.29 is 14.5 Å². The first kappa shape index (κ1) is 9.05. The first-order valence-electron chi connectivity index (χ1n) is 3.26. The smallest absolute Gasteiger partial charge is 0.117 e. The molecular formula is C6H7N2O3S-. The van der Waals surface area contributed by atoms with E-state index in [9.17, 15) is 9.90 Å². The van der Waals surface area contributed by atoms with Crippen LogP contribution < -0.4 is 5.11 Å². The third kappa shape index (κ3) is 2.54. The molecule has 0 aliphatic carbocycles. The summed E-state index contributed by atoms with van der Waals surface area (Å²) >= 11 is 1.21. The number of aromatic nitrogens is 2. The van der Waals surface area contributed by atoms with Crippen LogP contribution in [0.15, 0.2) is 4.63 Å². The summed E-state index contributed by atoms with van der Waals surface area (Å²) in [6.07, 6.45) is 0. The summed E-state index contributed by atoms with van der Waals surface area (Å²) < 4.78 is 4.43. The molecule has 0 aliphatic rings. The zero-order chi connectivity index (χ0) is 8.97. The van der Waals surface area contributed by atoms with Gasteiger partial charge in [0.15, 0.2) is 0 Å². The number of carbonyl (C=O) groups is 1. The quantitative estimate of drug-likeness (QED) is 0.624. The fourth-order valence-corrected chi connectivity index (χ4v) is 1.34. The molecule has 0 N–H and O–H groups in total. The topological polar surface area (TPSA) is 79.0 Å². The second-order valence-corrected chi connectivity index (χ2v) is 3.15. The minimum Gasteiger partial charge on any atom is -0.549 e. The Labute approximate surface area is 73.1 Å². The lowest BCUT2D eigenvalue weighted by Crippen LogP contribution is -2.24. The van der Waals surface area contributed by atoms with Crippen molar-refractivity contribution in [2.75, 3.05) is 5.75 Å². The normalized spacial score (nSPS) is 10.1. The standard InChI is InChI=1S/C6H8N2O3S/c1-4-5(8-11-7-4)2-12-3-6(9)10/h2-3H2,1H3,(H,9,10)/p-1. The lowest BCUT2D eigenvalue weighted by Gasteiger charge is -1.98. The molecule has 0 saturated carbocycles. The monoisotopic (exact) mass is 187 g/mol. The molecule has 0 saturated heterocycles. The van der Waals surface area contributed by atoms with Crippen molar-refractivity contribution in [3.8, 4) is 0 Å². The van der Waals surface area contributed by atoms with Gasteiger partial charge >= 0.3 is 0 Å². The molecule has 0 unspecified atom stereocenters. The number of carboxylic acid groups (broad SMARTS) is 1. The summed E-state index contributed by atoms with van der Waals surface area (Å²) in [4.78, 5) is 10.0. The van der Waals surface area contributed by atoms with Crippen LogP contribution in [0.25, 0.3) is 0 Å². The first-order valence-corrected chi connectivity index (χ1v) is 4.41. The van der Waals surface area contributed by atoms with Gasteiger partial charge in [0.2, 0.25) is 0 Å². The Bertz CT molecular complexity index is 274. The molecule has 0 atom stereocenters. The van der Waals surface area contributed by atoms with E-state index in [4.69, 9.17) is 0 Å². The van der Waals surface area contributed by atoms with Gasteiger partial charge in [-0.1, -0.05) is 10.3 Å². The molecule has 0 amide bonds. The maximum absolute atomic E-state index is 10.0. The van der Waals surface area contributed by atoms with Crippen LogP contribution in [-0.4, -0.2) is 22.0 Å². The van der Waals surface area contributed by atoms with Crippen molar-refractivity contribution in [1.29, 1.82) is 0 Å². The molecule has 0 bridgehead atoms. The summed E-state index contributed by atoms with van der Waals surface area (Å²) in [6, 6.07) is 0. The summed E-state index contributed by atoms with van der Waals surface area (Å²) in [5, 5.41) is 17.2. The van der Waals surface area contributed by atoms with Crippen molar-refractivity contribution in [2.45, 2.75) is 12.7 Å². The van der Waals surface area contributed by atoms with E-state index in [-0.39, 0.29) is 5.75 Å². The fourth-order valence-electron chi connectivity index (χ4n) is 0.612. The largest absolute Gasteiger partial charge is 0.549 e. The molecule has 5 nitrogen and oxygen atoms in total. The summed E-state index contributed by atoms with van der Waals surface area (Å²) in [5.41, 5.74) is 1.38. The van der Waals surface area contributed by atoms with E-state index < -0.39 is 5.97 Å². The summed E-state index contributed by atoms with van der Waals surface area (Å²) in [5.74, 6) is -0.621. The number of carboxylic acids is 1. The van der Waals surface area contributed by atoms with Gasteiger partial charge in [0, 0.05) is 11.5 Å². The zero-order valence-electron chi connectivity index (χ0n) is 6.44. The van der Waals surface area contributed by atoms with Gasteiger partial charge in [0.05, 0.1) is 5.97 Å². The van der Waals surface area contributed by atoms with Crippen LogP contribution in [0.2, 0.25) is 0 Å². The lowest BCUT2D eigenvalue weighted by atomic mass is 10.4. The van der Waals surface area contributed by atoms with Gasteiger partial charge < -0.3 is 9.90 Å². The highest BCUT2D eigenvalue weighted by molar-refractivity contribution is 7.99. The molecule has 1 aromatic rings. The molecule has 1 aromatic heterocycles. The molecule has 0 fully saturated rings. The number of thioether (sulfide) groups is 1. The highest BCUT2D eigenvalue weighted by Gasteiger charge is 2.03. The molecule has 1 rings (SSSR count). The van der Waals surface area contributed by atoms with E-state index in [1.807, 2.05) is 0 Å². The third-order valence-corrected chi connectivity index (χ3v) is 2.12. The highest BCUT2D eigenvalue weighted by atomic mass is 32.2. The van der Waals surface area contributed by atoms with E-state index in [1.165, 1.54) is 11.8 Å². The van der Waals surface area contributed by atoms with Crippen LogP contribution in [0.1, 0.15) is 11.4 Å². The van der Waals surface area contributed by atoms with Crippen LogP contribution in [0.4, 0.5) is 0 Å². The predicted octanol–water partition coefficient (Wildman–Crippen LogP) is -0.639. The van der Waals surface area contributed by atoms with Gasteiger partial charge in [-0.05, 0) is 6.92 Å². The van der Waals surface area contributed by atoms with Crippen molar-refractivity contribution >= 4 is 17.7 Å². The van der Waals surface area contributed by atoms with Crippen molar-refractivity contribution in [3.63, 3.8) is 0 Å². The molecule has 0 aromatic carbocycles. The molecule has 66 valence electrons. The number of rotatable bonds is 4. The van der Waals surface area contributed by atoms with Gasteiger partial charge in [-0.2, -0.15) is 0 Å². The van der Waals surface area contributed by atoms with E-state index in [1.54, 1.807) is 6.92 Å². The van der Waals surface area contributed by atoms with Crippen LogP contribution >= 0.6 is 11.8 Å². The van der Waals surface area contributed by atoms with Gasteiger partial charge in [-0.25, -0.2) is 4.63 Å². The Kier molecular flexibility index (Phi) is 3.09. The highest BCUT2D eigenvalue weighted by Crippen LogP contribution is 2.11. The molecule has 12 heavy (non-hydrogen) atoms. The molecule has 1 heterocycles. The van der Waals surface area contributed by atoms with Crippen molar-refractivity contribution in [3.05, 3.63) is 11.4 Å². The molecule has 6 heteroatoms. The van der Waals surface area contributed by atoms with E-state index >= 15 is 0 Å². The van der Waals surface area contributed by atoms with Crippen molar-refractivity contribution in [1.82, 2.24) is 10.3 Å². The molecule has 0 radical (unpaired) electrons. The van der Waals surface area contributed by atoms with Gasteiger partial charge in [0.1, 0.15) is 11.4 Å². The Balaban J connectivity index is 2.33. The second kappa shape index (κ2) is 4.10. The Morgan fingerprint density at radius 2 is 2.42 bits per heavy atom. The molecule has 0 spiro atoms. The number of aliphatic carboxylic acids is 1. The summed E-state index contributed by atoms with van der Waals surface area (Å²) in [7, 11) is 0. The maximum Gasteiger partial charge on any atom is 0.117 e. The van der Waals surface area contributed by atoms with E-state index in [0.717, 1.165) is 0 Å². The van der Waals surface area contributed by atoms with Gasteiger partial charge in [0.25, 0.3) is 0 Å². The molecule has 0 aliphatic heterocycles. The van der Waals surface area contributed by atoms with E-state index in [0.29, 0.717) is 17.1 Å². The fraction of sp³-hybridized carbons (Fsp3) is 0.500. The third-order valence-electron chi connectivity index (χ3n) is 1.21. The number of carbonyl (C=O) groups excluding carboxylic acids is 1. The number of nitrogens with zero attached hydrogens (tertiary/aromatic N) is 2. The molecular weight excluding hydrogens is 180 g/mol. The van der Waals surface area contributed by atoms with Gasteiger partial charge in [-0.15, -0.1) is 11.8 Å². The lowest BCUT2D eigenvalue weighted by molar-refractivity contribution is -0.301. The number of hydrogen-bond donors (Lipinski definition) is 0. The Morgan fingerprint density at radius 1 is 1.67 bits per heavy atom. The zero-order valence-corrected chi connectivity index (χ0v) is 7.26. The Hall–Kier alpha value is -1.04. The van der Waals surface area contributed by atoms with Crippen molar-refractivity contribution in [2.24, 2.45) is 0 Å². The van der Waals surface area contributed by atoms with Crippen LogP contribution in [-0.2, 0) is 10.5 Å². The predicted molar refractivity (Wildman–Crippen MR) is 40.2 cm³/mol. The second-order valence-electron chi connectivity index (χ2n) is 2.16. The average molecular weight is 187 g/mol. The average Bonchev–Trinajstić information content (AvgIpc) is 2.36.